The zero-order valence-electron chi connectivity index (χ0n) is 14.7. The standard InChI is InChI=1S/C15H25NO3.C2H6/c1-6-8-12-11-16(9-10-18-13(12)7-2)14(17)19-15(3,4)5;1-2/h7-8H,6,9-11H2,1-5H3;1-2H3/b12-8-,13-7+;. The maximum Gasteiger partial charge on any atom is 0.410 e. The lowest BCUT2D eigenvalue weighted by molar-refractivity contribution is 0.0254. The summed E-state index contributed by atoms with van der Waals surface area (Å²) >= 11 is 0. The fraction of sp³-hybridized carbons (Fsp3) is 0.706. The molecule has 4 heteroatoms. The van der Waals surface area contributed by atoms with Crippen molar-refractivity contribution in [1.29, 1.82) is 0 Å². The van der Waals surface area contributed by atoms with Crippen molar-refractivity contribution in [2.45, 2.75) is 60.5 Å². The van der Waals surface area contributed by atoms with Gasteiger partial charge < -0.3 is 14.4 Å². The van der Waals surface area contributed by atoms with Gasteiger partial charge in [0.2, 0.25) is 0 Å². The number of carbonyl (C=O) groups excluding carboxylic acids is 1. The average molecular weight is 297 g/mol. The lowest BCUT2D eigenvalue weighted by atomic mass is 10.1. The second-order valence-electron chi connectivity index (χ2n) is 5.54. The molecule has 0 saturated carbocycles. The molecule has 0 spiro atoms. The summed E-state index contributed by atoms with van der Waals surface area (Å²) in [6.45, 7) is 15.2. The largest absolute Gasteiger partial charge is 0.492 e. The summed E-state index contributed by atoms with van der Waals surface area (Å²) in [6.07, 6.45) is 4.67. The number of hydrogen-bond donors (Lipinski definition) is 0. The Balaban J connectivity index is 0.00000191. The molecule has 1 amide bonds. The highest BCUT2D eigenvalue weighted by Crippen LogP contribution is 2.20. The number of allylic oxidation sites excluding steroid dienone is 2. The van der Waals surface area contributed by atoms with E-state index in [4.69, 9.17) is 9.47 Å². The van der Waals surface area contributed by atoms with Gasteiger partial charge in [0.05, 0.1) is 13.1 Å². The van der Waals surface area contributed by atoms with Crippen LogP contribution in [0.1, 0.15) is 54.9 Å². The molecule has 1 rings (SSSR count). The van der Waals surface area contributed by atoms with Crippen LogP contribution in [0.4, 0.5) is 4.79 Å². The third-order valence-corrected chi connectivity index (χ3v) is 2.66. The summed E-state index contributed by atoms with van der Waals surface area (Å²) in [5, 5.41) is 0. The molecule has 21 heavy (non-hydrogen) atoms. The van der Waals surface area contributed by atoms with Crippen molar-refractivity contribution < 1.29 is 14.3 Å². The Morgan fingerprint density at radius 3 is 2.48 bits per heavy atom. The summed E-state index contributed by atoms with van der Waals surface area (Å²) < 4.78 is 11.1. The minimum Gasteiger partial charge on any atom is -0.492 e. The van der Waals surface area contributed by atoms with Gasteiger partial charge in [-0.2, -0.15) is 0 Å². The van der Waals surface area contributed by atoms with Gasteiger partial charge in [-0.25, -0.2) is 4.79 Å². The highest BCUT2D eigenvalue weighted by atomic mass is 16.6. The Morgan fingerprint density at radius 2 is 2.00 bits per heavy atom. The van der Waals surface area contributed by atoms with Crippen LogP contribution in [0.25, 0.3) is 0 Å². The van der Waals surface area contributed by atoms with Crippen molar-refractivity contribution >= 4 is 6.09 Å². The Bertz CT molecular complexity index is 378. The van der Waals surface area contributed by atoms with Crippen molar-refractivity contribution in [3.05, 3.63) is 23.5 Å². The van der Waals surface area contributed by atoms with Crippen LogP contribution in [0, 0.1) is 0 Å². The predicted octanol–water partition coefficient (Wildman–Crippen LogP) is 4.52. The average Bonchev–Trinajstić information content (AvgIpc) is 2.62. The van der Waals surface area contributed by atoms with Crippen molar-refractivity contribution in [3.8, 4) is 0 Å². The Morgan fingerprint density at radius 1 is 1.38 bits per heavy atom. The first-order chi connectivity index (χ1) is 9.87. The molecule has 1 aliphatic rings. The quantitative estimate of drug-likeness (QED) is 0.714. The van der Waals surface area contributed by atoms with Gasteiger partial charge in [0, 0.05) is 5.57 Å². The van der Waals surface area contributed by atoms with E-state index >= 15 is 0 Å². The normalized spacial score (nSPS) is 19.5. The van der Waals surface area contributed by atoms with Crippen LogP contribution in [0.2, 0.25) is 0 Å². The van der Waals surface area contributed by atoms with Crippen LogP contribution >= 0.6 is 0 Å². The number of nitrogens with zero attached hydrogens (tertiary/aromatic N) is 1. The Kier molecular flexibility index (Phi) is 8.83. The summed E-state index contributed by atoms with van der Waals surface area (Å²) in [4.78, 5) is 13.8. The number of ether oxygens (including phenoxy) is 2. The third kappa shape index (κ3) is 7.21. The summed E-state index contributed by atoms with van der Waals surface area (Å²) in [6, 6.07) is 0. The van der Waals surface area contributed by atoms with Crippen molar-refractivity contribution in [3.63, 3.8) is 0 Å². The molecule has 0 aromatic rings. The molecule has 0 bridgehead atoms. The van der Waals surface area contributed by atoms with E-state index < -0.39 is 5.60 Å². The third-order valence-electron chi connectivity index (χ3n) is 2.66. The molecular formula is C17H31NO3. The molecule has 1 aliphatic heterocycles. The molecule has 0 aromatic heterocycles. The minimum absolute atomic E-state index is 0.282. The number of rotatable bonds is 1. The van der Waals surface area contributed by atoms with Crippen LogP contribution in [0.3, 0.4) is 0 Å². The molecule has 0 atom stereocenters. The van der Waals surface area contributed by atoms with E-state index in [2.05, 4.69) is 13.0 Å². The first-order valence-corrected chi connectivity index (χ1v) is 7.83. The molecular weight excluding hydrogens is 266 g/mol. The van der Waals surface area contributed by atoms with E-state index in [0.29, 0.717) is 19.7 Å². The van der Waals surface area contributed by atoms with Gasteiger partial charge in [-0.15, -0.1) is 0 Å². The highest BCUT2D eigenvalue weighted by molar-refractivity contribution is 5.68. The highest BCUT2D eigenvalue weighted by Gasteiger charge is 2.25. The molecule has 0 N–H and O–H groups in total. The van der Waals surface area contributed by atoms with Gasteiger partial charge in [0.25, 0.3) is 0 Å². The Labute approximate surface area is 129 Å². The SMILES string of the molecule is C/C=C1/OCCN(C(=O)OC(C)(C)C)C/C1=C/CC.CC. The van der Waals surface area contributed by atoms with E-state index in [1.54, 1.807) is 4.90 Å². The van der Waals surface area contributed by atoms with E-state index in [-0.39, 0.29) is 6.09 Å². The van der Waals surface area contributed by atoms with Gasteiger partial charge in [0.15, 0.2) is 0 Å². The van der Waals surface area contributed by atoms with Crippen LogP contribution in [0.5, 0.6) is 0 Å². The van der Waals surface area contributed by atoms with Gasteiger partial charge >= 0.3 is 6.09 Å². The zero-order valence-corrected chi connectivity index (χ0v) is 14.7. The molecule has 122 valence electrons. The van der Waals surface area contributed by atoms with Gasteiger partial charge in [-0.3, -0.25) is 0 Å². The van der Waals surface area contributed by atoms with E-state index in [9.17, 15) is 4.79 Å². The number of carbonyl (C=O) groups is 1. The lowest BCUT2D eigenvalue weighted by Gasteiger charge is -2.26. The maximum absolute atomic E-state index is 12.1. The summed E-state index contributed by atoms with van der Waals surface area (Å²) in [5.41, 5.74) is 0.579. The minimum atomic E-state index is -0.470. The maximum atomic E-state index is 12.1. The first-order valence-electron chi connectivity index (χ1n) is 7.83. The van der Waals surface area contributed by atoms with Crippen molar-refractivity contribution in [2.24, 2.45) is 0 Å². The fourth-order valence-electron chi connectivity index (χ4n) is 1.88. The Hall–Kier alpha value is -1.45. The topological polar surface area (TPSA) is 38.8 Å². The molecule has 1 fully saturated rings. The molecule has 0 unspecified atom stereocenters. The zero-order chi connectivity index (χ0) is 16.5. The molecule has 0 aliphatic carbocycles. The summed E-state index contributed by atoms with van der Waals surface area (Å²) in [5.74, 6) is 0.868. The molecule has 4 nitrogen and oxygen atoms in total. The van der Waals surface area contributed by atoms with Crippen LogP contribution in [-0.4, -0.2) is 36.3 Å². The van der Waals surface area contributed by atoms with Gasteiger partial charge in [-0.05, 0) is 40.2 Å². The molecule has 1 saturated heterocycles. The van der Waals surface area contributed by atoms with Crippen molar-refractivity contribution in [1.82, 2.24) is 4.90 Å². The second kappa shape index (κ2) is 9.48. The van der Waals surface area contributed by atoms with E-state index in [1.165, 1.54) is 0 Å². The van der Waals surface area contributed by atoms with Crippen LogP contribution in [-0.2, 0) is 9.47 Å². The van der Waals surface area contributed by atoms with E-state index in [0.717, 1.165) is 17.8 Å². The fourth-order valence-corrected chi connectivity index (χ4v) is 1.88. The predicted molar refractivity (Wildman–Crippen MR) is 87.2 cm³/mol. The smallest absolute Gasteiger partial charge is 0.410 e. The number of amides is 1. The number of hydrogen-bond acceptors (Lipinski definition) is 3. The second-order valence-corrected chi connectivity index (χ2v) is 5.54. The lowest BCUT2D eigenvalue weighted by Crippen LogP contribution is -2.38. The molecule has 0 aromatic carbocycles. The van der Waals surface area contributed by atoms with Gasteiger partial charge in [0.1, 0.15) is 18.0 Å². The molecule has 0 radical (unpaired) electrons. The first kappa shape index (κ1) is 19.6. The van der Waals surface area contributed by atoms with Crippen LogP contribution in [0.15, 0.2) is 23.5 Å². The monoisotopic (exact) mass is 297 g/mol. The molecule has 1 heterocycles. The van der Waals surface area contributed by atoms with Gasteiger partial charge in [-0.1, -0.05) is 26.8 Å². The van der Waals surface area contributed by atoms with E-state index in [1.807, 2.05) is 47.6 Å². The van der Waals surface area contributed by atoms with Crippen LogP contribution < -0.4 is 0 Å². The summed E-state index contributed by atoms with van der Waals surface area (Å²) in [7, 11) is 0. The van der Waals surface area contributed by atoms with Crippen molar-refractivity contribution in [2.75, 3.05) is 19.7 Å².